The van der Waals surface area contributed by atoms with E-state index < -0.39 is 17.8 Å². The van der Waals surface area contributed by atoms with E-state index in [1.807, 2.05) is 0 Å². The third-order valence-corrected chi connectivity index (χ3v) is 2.09. The standard InChI is InChI=1S/C13H11FO4/c1-18-13(17)4-2-3-9-5-6-11(14)7-10(9)8-12(15)16/h5-7H,4,8H2,1H3,(H,15,16). The van der Waals surface area contributed by atoms with Crippen LogP contribution in [0.2, 0.25) is 0 Å². The molecule has 0 aliphatic rings. The van der Waals surface area contributed by atoms with E-state index in [2.05, 4.69) is 16.6 Å². The first-order chi connectivity index (χ1) is 8.52. The van der Waals surface area contributed by atoms with E-state index in [0.717, 1.165) is 6.07 Å². The predicted molar refractivity (Wildman–Crippen MR) is 61.3 cm³/mol. The van der Waals surface area contributed by atoms with Crippen LogP contribution in [0.5, 0.6) is 0 Å². The fourth-order valence-corrected chi connectivity index (χ4v) is 1.28. The number of hydrogen-bond donors (Lipinski definition) is 1. The van der Waals surface area contributed by atoms with Gasteiger partial charge < -0.3 is 9.84 Å². The summed E-state index contributed by atoms with van der Waals surface area (Å²) in [5, 5.41) is 8.69. The van der Waals surface area contributed by atoms with Crippen LogP contribution in [-0.2, 0) is 20.7 Å². The van der Waals surface area contributed by atoms with Gasteiger partial charge in [-0.25, -0.2) is 4.39 Å². The number of methoxy groups -OCH3 is 1. The topological polar surface area (TPSA) is 63.6 Å². The van der Waals surface area contributed by atoms with E-state index >= 15 is 0 Å². The molecular formula is C13H11FO4. The molecule has 0 saturated heterocycles. The van der Waals surface area contributed by atoms with E-state index in [1.54, 1.807) is 0 Å². The summed E-state index contributed by atoms with van der Waals surface area (Å²) in [6.07, 6.45) is -0.416. The third-order valence-electron chi connectivity index (χ3n) is 2.09. The van der Waals surface area contributed by atoms with E-state index in [4.69, 9.17) is 5.11 Å². The quantitative estimate of drug-likeness (QED) is 0.650. The lowest BCUT2D eigenvalue weighted by atomic mass is 10.0. The van der Waals surface area contributed by atoms with Crippen LogP contribution in [-0.4, -0.2) is 24.2 Å². The van der Waals surface area contributed by atoms with Crippen molar-refractivity contribution in [3.05, 3.63) is 35.1 Å². The maximum atomic E-state index is 13.0. The zero-order valence-corrected chi connectivity index (χ0v) is 9.70. The highest BCUT2D eigenvalue weighted by Crippen LogP contribution is 2.11. The molecule has 0 aliphatic heterocycles. The van der Waals surface area contributed by atoms with Crippen LogP contribution in [0.3, 0.4) is 0 Å². The van der Waals surface area contributed by atoms with Gasteiger partial charge in [-0.1, -0.05) is 11.8 Å². The molecule has 1 rings (SSSR count). The molecule has 94 valence electrons. The number of carbonyl (C=O) groups is 2. The molecule has 0 fully saturated rings. The molecule has 0 bridgehead atoms. The molecule has 0 spiro atoms. The van der Waals surface area contributed by atoms with E-state index in [1.165, 1.54) is 19.2 Å². The summed E-state index contributed by atoms with van der Waals surface area (Å²) >= 11 is 0. The molecule has 0 aromatic heterocycles. The summed E-state index contributed by atoms with van der Waals surface area (Å²) in [4.78, 5) is 21.5. The average Bonchev–Trinajstić information content (AvgIpc) is 2.31. The highest BCUT2D eigenvalue weighted by Gasteiger charge is 2.06. The van der Waals surface area contributed by atoms with Crippen molar-refractivity contribution in [3.8, 4) is 11.8 Å². The first-order valence-corrected chi connectivity index (χ1v) is 5.09. The predicted octanol–water partition coefficient (Wildman–Crippen LogP) is 1.37. The minimum atomic E-state index is -1.07. The second kappa shape index (κ2) is 6.40. The Balaban J connectivity index is 2.93. The molecule has 0 heterocycles. The third kappa shape index (κ3) is 4.26. The Hall–Kier alpha value is -2.35. The van der Waals surface area contributed by atoms with Gasteiger partial charge >= 0.3 is 11.9 Å². The van der Waals surface area contributed by atoms with Gasteiger partial charge in [0.2, 0.25) is 0 Å². The van der Waals surface area contributed by atoms with Crippen LogP contribution >= 0.6 is 0 Å². The summed E-state index contributed by atoms with van der Waals surface area (Å²) in [5.74, 6) is 3.10. The Kier molecular flexibility index (Phi) is 4.88. The Morgan fingerprint density at radius 2 is 2.17 bits per heavy atom. The van der Waals surface area contributed by atoms with Gasteiger partial charge in [0.05, 0.1) is 13.5 Å². The fraction of sp³-hybridized carbons (Fsp3) is 0.231. The van der Waals surface area contributed by atoms with E-state index in [9.17, 15) is 14.0 Å². The van der Waals surface area contributed by atoms with Crippen LogP contribution < -0.4 is 0 Å². The Morgan fingerprint density at radius 3 is 2.78 bits per heavy atom. The van der Waals surface area contributed by atoms with Gasteiger partial charge in [-0.15, -0.1) is 0 Å². The van der Waals surface area contributed by atoms with Crippen molar-refractivity contribution in [2.75, 3.05) is 7.11 Å². The molecule has 0 atom stereocenters. The Labute approximate surface area is 103 Å². The van der Waals surface area contributed by atoms with Gasteiger partial charge in [0.25, 0.3) is 0 Å². The molecule has 4 nitrogen and oxygen atoms in total. The minimum Gasteiger partial charge on any atom is -0.481 e. The van der Waals surface area contributed by atoms with Crippen LogP contribution in [0.15, 0.2) is 18.2 Å². The molecule has 18 heavy (non-hydrogen) atoms. The SMILES string of the molecule is COC(=O)CC#Cc1ccc(F)cc1CC(=O)O. The van der Waals surface area contributed by atoms with Crippen molar-refractivity contribution in [3.63, 3.8) is 0 Å². The lowest BCUT2D eigenvalue weighted by molar-refractivity contribution is -0.139. The number of esters is 1. The average molecular weight is 250 g/mol. The number of rotatable bonds is 3. The lowest BCUT2D eigenvalue weighted by Gasteiger charge is -2.01. The van der Waals surface area contributed by atoms with Crippen molar-refractivity contribution in [1.82, 2.24) is 0 Å². The molecule has 1 N–H and O–H groups in total. The van der Waals surface area contributed by atoms with Gasteiger partial charge in [-0.2, -0.15) is 0 Å². The number of carbonyl (C=O) groups excluding carboxylic acids is 1. The summed E-state index contributed by atoms with van der Waals surface area (Å²) in [6, 6.07) is 3.70. The van der Waals surface area contributed by atoms with Gasteiger partial charge in [0.15, 0.2) is 0 Å². The second-order valence-corrected chi connectivity index (χ2v) is 3.43. The van der Waals surface area contributed by atoms with Crippen molar-refractivity contribution < 1.29 is 23.8 Å². The first-order valence-electron chi connectivity index (χ1n) is 5.09. The first kappa shape index (κ1) is 13.7. The van der Waals surface area contributed by atoms with E-state index in [0.29, 0.717) is 5.56 Å². The maximum Gasteiger partial charge on any atom is 0.317 e. The van der Waals surface area contributed by atoms with Gasteiger partial charge in [0.1, 0.15) is 12.2 Å². The maximum absolute atomic E-state index is 13.0. The molecule has 5 heteroatoms. The molecule has 0 aliphatic carbocycles. The number of carboxylic acids is 1. The molecule has 0 radical (unpaired) electrons. The molecule has 0 amide bonds. The Bertz CT molecular complexity index is 526. The number of aliphatic carboxylic acids is 1. The summed E-state index contributed by atoms with van der Waals surface area (Å²) < 4.78 is 17.4. The van der Waals surface area contributed by atoms with Gasteiger partial charge in [0, 0.05) is 5.56 Å². The zero-order valence-electron chi connectivity index (χ0n) is 9.70. The van der Waals surface area contributed by atoms with Crippen LogP contribution in [0.25, 0.3) is 0 Å². The number of halogens is 1. The largest absolute Gasteiger partial charge is 0.481 e. The number of carboxylic acid groups (broad SMARTS) is 1. The van der Waals surface area contributed by atoms with Crippen molar-refractivity contribution in [2.24, 2.45) is 0 Å². The normalized spacial score (nSPS) is 9.22. The summed E-state index contributed by atoms with van der Waals surface area (Å²) in [7, 11) is 1.25. The molecule has 0 saturated carbocycles. The van der Waals surface area contributed by atoms with Gasteiger partial charge in [-0.3, -0.25) is 9.59 Å². The van der Waals surface area contributed by atoms with Gasteiger partial charge in [-0.05, 0) is 23.8 Å². The molecule has 0 unspecified atom stereocenters. The highest BCUT2D eigenvalue weighted by atomic mass is 19.1. The van der Waals surface area contributed by atoms with Crippen molar-refractivity contribution in [1.29, 1.82) is 0 Å². The van der Waals surface area contributed by atoms with Crippen LogP contribution in [0, 0.1) is 17.7 Å². The molecule has 1 aromatic carbocycles. The number of hydrogen-bond acceptors (Lipinski definition) is 3. The Morgan fingerprint density at radius 1 is 1.44 bits per heavy atom. The van der Waals surface area contributed by atoms with E-state index in [-0.39, 0.29) is 18.4 Å². The smallest absolute Gasteiger partial charge is 0.317 e. The number of ether oxygens (including phenoxy) is 1. The molecular weight excluding hydrogens is 239 g/mol. The number of benzene rings is 1. The zero-order chi connectivity index (χ0) is 13.5. The summed E-state index contributed by atoms with van der Waals surface area (Å²) in [5.41, 5.74) is 0.669. The second-order valence-electron chi connectivity index (χ2n) is 3.43. The summed E-state index contributed by atoms with van der Waals surface area (Å²) in [6.45, 7) is 0. The van der Waals surface area contributed by atoms with Crippen LogP contribution in [0.1, 0.15) is 17.5 Å². The lowest BCUT2D eigenvalue weighted by Crippen LogP contribution is -2.03. The fourth-order valence-electron chi connectivity index (χ4n) is 1.28. The van der Waals surface area contributed by atoms with Crippen LogP contribution in [0.4, 0.5) is 4.39 Å². The minimum absolute atomic E-state index is 0.0968. The van der Waals surface area contributed by atoms with Crippen molar-refractivity contribution in [2.45, 2.75) is 12.8 Å². The highest BCUT2D eigenvalue weighted by molar-refractivity contribution is 5.73. The molecule has 1 aromatic rings. The monoisotopic (exact) mass is 250 g/mol. The van der Waals surface area contributed by atoms with Crippen molar-refractivity contribution >= 4 is 11.9 Å².